The highest BCUT2D eigenvalue weighted by atomic mass is 15.3. The van der Waals surface area contributed by atoms with Gasteiger partial charge in [-0.1, -0.05) is 6.07 Å². The highest BCUT2D eigenvalue weighted by Crippen LogP contribution is 2.07. The molecule has 0 amide bonds. The first-order valence-electron chi connectivity index (χ1n) is 5.32. The molecule has 0 unspecified atom stereocenters. The van der Waals surface area contributed by atoms with Gasteiger partial charge in [-0.15, -0.1) is 0 Å². The molecule has 3 rings (SSSR count). The van der Waals surface area contributed by atoms with Crippen molar-refractivity contribution in [2.45, 2.75) is 6.04 Å². The van der Waals surface area contributed by atoms with Crippen molar-refractivity contribution in [1.82, 2.24) is 10.4 Å². The molecule has 0 saturated heterocycles. The molecule has 0 radical (unpaired) electrons. The van der Waals surface area contributed by atoms with Crippen LogP contribution in [0.15, 0.2) is 49.6 Å². The Bertz CT molecular complexity index is 583. The summed E-state index contributed by atoms with van der Waals surface area (Å²) in [7, 11) is 0. The summed E-state index contributed by atoms with van der Waals surface area (Å²) in [6.07, 6.45) is 8.01. The van der Waals surface area contributed by atoms with Gasteiger partial charge in [-0.05, 0) is 6.07 Å². The predicted octanol–water partition coefficient (Wildman–Crippen LogP) is 0.254. The van der Waals surface area contributed by atoms with Crippen LogP contribution in [0, 0.1) is 0 Å². The second kappa shape index (κ2) is 4.66. The molecule has 1 N–H and O–H groups in total. The molecule has 1 atom stereocenters. The molecule has 1 aromatic heterocycles. The lowest BCUT2D eigenvalue weighted by Crippen LogP contribution is -2.36. The fraction of sp³-hybridized carbons (Fsp3) is 0.0909. The number of hydrogen-bond acceptors (Lipinski definition) is 7. The summed E-state index contributed by atoms with van der Waals surface area (Å²) < 4.78 is 0. The van der Waals surface area contributed by atoms with E-state index in [1.165, 1.54) is 12.7 Å². The Morgan fingerprint density at radius 3 is 3.17 bits per heavy atom. The van der Waals surface area contributed by atoms with Crippen molar-refractivity contribution in [3.63, 3.8) is 0 Å². The summed E-state index contributed by atoms with van der Waals surface area (Å²) in [4.78, 5) is 20.3. The molecule has 88 valence electrons. The van der Waals surface area contributed by atoms with E-state index in [9.17, 15) is 0 Å². The second-order valence-corrected chi connectivity index (χ2v) is 3.57. The summed E-state index contributed by atoms with van der Waals surface area (Å²) in [6.45, 7) is 0. The van der Waals surface area contributed by atoms with Crippen LogP contribution in [0.4, 0.5) is 0 Å². The van der Waals surface area contributed by atoms with E-state index in [0.29, 0.717) is 11.7 Å². The summed E-state index contributed by atoms with van der Waals surface area (Å²) in [5.74, 6) is 1.24. The summed E-state index contributed by atoms with van der Waals surface area (Å²) in [5, 5.41) is 4.09. The summed E-state index contributed by atoms with van der Waals surface area (Å²) in [5.41, 5.74) is 3.75. The van der Waals surface area contributed by atoms with Gasteiger partial charge in [0, 0.05) is 18.0 Å². The molecule has 1 aromatic rings. The number of amidine groups is 2. The fourth-order valence-corrected chi connectivity index (χ4v) is 1.53. The normalized spacial score (nSPS) is 20.8. The van der Waals surface area contributed by atoms with Gasteiger partial charge in [0.05, 0.1) is 6.21 Å². The standard InChI is InChI=1S/C11H9N7/c1-2-8(4-12-3-1)5-17-18-11-9-10(14-6-13-9)15-7-16-11/h1-7,9H,(H,13,14,15,16,18)/b17-5-/t9-/m1/s1. The van der Waals surface area contributed by atoms with Crippen molar-refractivity contribution in [2.24, 2.45) is 25.1 Å². The van der Waals surface area contributed by atoms with Gasteiger partial charge in [-0.3, -0.25) is 15.4 Å². The number of rotatable bonds is 2. The average Bonchev–Trinajstić information content (AvgIpc) is 2.89. The van der Waals surface area contributed by atoms with Crippen molar-refractivity contribution in [2.75, 3.05) is 0 Å². The van der Waals surface area contributed by atoms with E-state index in [-0.39, 0.29) is 6.04 Å². The first-order chi connectivity index (χ1) is 8.93. The lowest BCUT2D eigenvalue weighted by molar-refractivity contribution is 0.959. The van der Waals surface area contributed by atoms with E-state index < -0.39 is 0 Å². The van der Waals surface area contributed by atoms with E-state index in [1.54, 1.807) is 18.6 Å². The Morgan fingerprint density at radius 2 is 2.28 bits per heavy atom. The first-order valence-corrected chi connectivity index (χ1v) is 5.32. The zero-order valence-corrected chi connectivity index (χ0v) is 9.30. The maximum absolute atomic E-state index is 4.14. The third kappa shape index (κ3) is 2.05. The minimum Gasteiger partial charge on any atom is -0.264 e. The molecule has 0 bridgehead atoms. The number of nitrogens with zero attached hydrogens (tertiary/aromatic N) is 6. The molecule has 0 fully saturated rings. The number of pyridine rings is 1. The number of aliphatic imine (C=N–C) groups is 4. The number of hydrogen-bond donors (Lipinski definition) is 1. The second-order valence-electron chi connectivity index (χ2n) is 3.57. The third-order valence-corrected chi connectivity index (χ3v) is 2.37. The Balaban J connectivity index is 1.69. The number of hydrazone groups is 1. The largest absolute Gasteiger partial charge is 0.264 e. The number of nitrogens with one attached hydrogen (secondary N) is 1. The van der Waals surface area contributed by atoms with Gasteiger partial charge >= 0.3 is 0 Å². The van der Waals surface area contributed by atoms with Gasteiger partial charge in [-0.25, -0.2) is 15.0 Å². The smallest absolute Gasteiger partial charge is 0.170 e. The van der Waals surface area contributed by atoms with Crippen molar-refractivity contribution in [1.29, 1.82) is 0 Å². The van der Waals surface area contributed by atoms with Crippen LogP contribution in [0.25, 0.3) is 0 Å². The zero-order chi connectivity index (χ0) is 12.2. The first kappa shape index (κ1) is 10.5. The van der Waals surface area contributed by atoms with Crippen molar-refractivity contribution >= 4 is 30.6 Å². The fourth-order valence-electron chi connectivity index (χ4n) is 1.53. The van der Waals surface area contributed by atoms with Gasteiger partial charge < -0.3 is 0 Å². The predicted molar refractivity (Wildman–Crippen MR) is 70.6 cm³/mol. The van der Waals surface area contributed by atoms with Crippen LogP contribution in [0.3, 0.4) is 0 Å². The van der Waals surface area contributed by atoms with Crippen LogP contribution in [0.2, 0.25) is 0 Å². The molecule has 7 nitrogen and oxygen atoms in total. The molecule has 0 spiro atoms. The summed E-state index contributed by atoms with van der Waals surface area (Å²) >= 11 is 0. The van der Waals surface area contributed by atoms with Crippen molar-refractivity contribution < 1.29 is 0 Å². The Hall–Kier alpha value is -2.70. The molecule has 18 heavy (non-hydrogen) atoms. The highest BCUT2D eigenvalue weighted by Gasteiger charge is 2.25. The molecule has 0 aliphatic carbocycles. The number of fused-ring (bicyclic) bond motifs is 1. The molecule has 2 aliphatic heterocycles. The van der Waals surface area contributed by atoms with Crippen LogP contribution in [0.5, 0.6) is 0 Å². The maximum atomic E-state index is 4.14. The van der Waals surface area contributed by atoms with Gasteiger partial charge in [0.15, 0.2) is 17.7 Å². The Kier molecular flexibility index (Phi) is 2.71. The lowest BCUT2D eigenvalue weighted by atomic mass is 10.2. The van der Waals surface area contributed by atoms with Gasteiger partial charge in [0.2, 0.25) is 0 Å². The molecular weight excluding hydrogens is 230 g/mol. The van der Waals surface area contributed by atoms with Crippen molar-refractivity contribution in [3.05, 3.63) is 30.1 Å². The van der Waals surface area contributed by atoms with Gasteiger partial charge in [0.1, 0.15) is 12.7 Å². The van der Waals surface area contributed by atoms with E-state index in [0.717, 1.165) is 5.56 Å². The molecule has 0 saturated carbocycles. The SMILES string of the molecule is C1=NC2=NC=N[C@H]2C(N/N=C\c2cccnc2)=N1. The average molecular weight is 239 g/mol. The van der Waals surface area contributed by atoms with Crippen molar-refractivity contribution in [3.8, 4) is 0 Å². The Morgan fingerprint density at radius 1 is 1.28 bits per heavy atom. The van der Waals surface area contributed by atoms with Crippen LogP contribution in [-0.2, 0) is 0 Å². The van der Waals surface area contributed by atoms with Crippen LogP contribution in [-0.4, -0.2) is 41.6 Å². The van der Waals surface area contributed by atoms with Crippen LogP contribution in [0.1, 0.15) is 5.56 Å². The van der Waals surface area contributed by atoms with E-state index >= 15 is 0 Å². The Labute approximate surface area is 103 Å². The van der Waals surface area contributed by atoms with Crippen LogP contribution < -0.4 is 5.43 Å². The van der Waals surface area contributed by atoms with E-state index in [2.05, 4.69) is 35.5 Å². The molecule has 3 heterocycles. The van der Waals surface area contributed by atoms with Gasteiger partial charge in [-0.2, -0.15) is 5.10 Å². The molecule has 2 aliphatic rings. The minimum absolute atomic E-state index is 0.263. The third-order valence-electron chi connectivity index (χ3n) is 2.37. The maximum Gasteiger partial charge on any atom is 0.170 e. The quantitative estimate of drug-likeness (QED) is 0.592. The van der Waals surface area contributed by atoms with Gasteiger partial charge in [0.25, 0.3) is 0 Å². The number of aromatic nitrogens is 1. The lowest BCUT2D eigenvalue weighted by Gasteiger charge is -2.12. The minimum atomic E-state index is -0.263. The summed E-state index contributed by atoms with van der Waals surface area (Å²) in [6, 6.07) is 3.49. The van der Waals surface area contributed by atoms with E-state index in [1.807, 2.05) is 12.1 Å². The molecule has 0 aromatic carbocycles. The van der Waals surface area contributed by atoms with Crippen LogP contribution >= 0.6 is 0 Å². The zero-order valence-electron chi connectivity index (χ0n) is 9.30. The molecule has 7 heteroatoms. The molecular formula is C11H9N7. The highest BCUT2D eigenvalue weighted by molar-refractivity contribution is 6.19. The topological polar surface area (TPSA) is 86.7 Å². The monoisotopic (exact) mass is 239 g/mol. The van der Waals surface area contributed by atoms with E-state index in [4.69, 9.17) is 0 Å².